The lowest BCUT2D eigenvalue weighted by atomic mass is 10.1. The van der Waals surface area contributed by atoms with Gasteiger partial charge in [-0.25, -0.2) is 0 Å². The minimum atomic E-state index is 0.539. The first-order valence-corrected chi connectivity index (χ1v) is 8.59. The van der Waals surface area contributed by atoms with Crippen LogP contribution >= 0.6 is 39.3 Å². The van der Waals surface area contributed by atoms with E-state index in [0.717, 1.165) is 28.2 Å². The largest absolute Gasteiger partial charge is 0.370 e. The molecular formula is C13H19BrClNS. The summed E-state index contributed by atoms with van der Waals surface area (Å²) in [7, 11) is 2.12. The van der Waals surface area contributed by atoms with Gasteiger partial charge in [0.15, 0.2) is 0 Å². The van der Waals surface area contributed by atoms with Crippen LogP contribution in [0.1, 0.15) is 18.9 Å². The van der Waals surface area contributed by atoms with Crippen LogP contribution in [0.4, 0.5) is 5.69 Å². The SMILES string of the molecule is CCC(CSC)N(C)c1ccc(CBr)cc1Cl. The second kappa shape index (κ2) is 7.55. The van der Waals surface area contributed by atoms with Crippen molar-refractivity contribution in [1.29, 1.82) is 0 Å². The lowest BCUT2D eigenvalue weighted by molar-refractivity contribution is 0.673. The van der Waals surface area contributed by atoms with Gasteiger partial charge in [-0.05, 0) is 30.4 Å². The molecule has 1 aromatic carbocycles. The van der Waals surface area contributed by atoms with Crippen LogP contribution < -0.4 is 4.90 Å². The second-order valence-electron chi connectivity index (χ2n) is 4.05. The highest BCUT2D eigenvalue weighted by molar-refractivity contribution is 9.08. The highest BCUT2D eigenvalue weighted by Gasteiger charge is 2.15. The van der Waals surface area contributed by atoms with Gasteiger partial charge in [0, 0.05) is 24.2 Å². The molecule has 1 aromatic rings. The first-order chi connectivity index (χ1) is 8.13. The van der Waals surface area contributed by atoms with Crippen molar-refractivity contribution in [3.63, 3.8) is 0 Å². The van der Waals surface area contributed by atoms with Crippen LogP contribution in [-0.2, 0) is 5.33 Å². The molecule has 96 valence electrons. The number of benzene rings is 1. The van der Waals surface area contributed by atoms with Crippen molar-refractivity contribution in [2.45, 2.75) is 24.7 Å². The van der Waals surface area contributed by atoms with Gasteiger partial charge in [0.25, 0.3) is 0 Å². The molecule has 0 aliphatic heterocycles. The van der Waals surface area contributed by atoms with Crippen molar-refractivity contribution in [3.8, 4) is 0 Å². The van der Waals surface area contributed by atoms with Gasteiger partial charge < -0.3 is 4.90 Å². The molecule has 0 aliphatic carbocycles. The monoisotopic (exact) mass is 335 g/mol. The Morgan fingerprint density at radius 1 is 1.47 bits per heavy atom. The molecule has 17 heavy (non-hydrogen) atoms. The van der Waals surface area contributed by atoms with E-state index in [2.05, 4.69) is 53.2 Å². The fourth-order valence-corrected chi connectivity index (χ4v) is 3.34. The molecule has 0 N–H and O–H groups in total. The fourth-order valence-electron chi connectivity index (χ4n) is 1.81. The van der Waals surface area contributed by atoms with Gasteiger partial charge in [0.05, 0.1) is 10.7 Å². The molecule has 0 heterocycles. The highest BCUT2D eigenvalue weighted by atomic mass is 79.9. The molecular weight excluding hydrogens is 318 g/mol. The number of rotatable bonds is 6. The first kappa shape index (κ1) is 15.2. The standard InChI is InChI=1S/C13H19BrClNS/c1-4-11(9-17-3)16(2)13-6-5-10(8-14)7-12(13)15/h5-7,11H,4,8-9H2,1-3H3. The summed E-state index contributed by atoms with van der Waals surface area (Å²) in [5.74, 6) is 1.13. The van der Waals surface area contributed by atoms with E-state index in [-0.39, 0.29) is 0 Å². The third-order valence-electron chi connectivity index (χ3n) is 2.92. The summed E-state index contributed by atoms with van der Waals surface area (Å²) in [6.45, 7) is 2.22. The van der Waals surface area contributed by atoms with E-state index in [0.29, 0.717) is 6.04 Å². The minimum Gasteiger partial charge on any atom is -0.370 e. The summed E-state index contributed by atoms with van der Waals surface area (Å²) in [4.78, 5) is 2.29. The van der Waals surface area contributed by atoms with E-state index in [9.17, 15) is 0 Å². The molecule has 1 rings (SSSR count). The number of nitrogens with zero attached hydrogens (tertiary/aromatic N) is 1. The number of hydrogen-bond acceptors (Lipinski definition) is 2. The van der Waals surface area contributed by atoms with Crippen molar-refractivity contribution >= 4 is 45.0 Å². The van der Waals surface area contributed by atoms with Gasteiger partial charge in [-0.15, -0.1) is 0 Å². The maximum atomic E-state index is 6.33. The maximum absolute atomic E-state index is 6.33. The molecule has 0 aliphatic rings. The molecule has 1 atom stereocenters. The molecule has 0 spiro atoms. The van der Waals surface area contributed by atoms with Crippen molar-refractivity contribution < 1.29 is 0 Å². The molecule has 0 bridgehead atoms. The van der Waals surface area contributed by atoms with E-state index < -0.39 is 0 Å². The third kappa shape index (κ3) is 4.08. The Balaban J connectivity index is 2.90. The smallest absolute Gasteiger partial charge is 0.0642 e. The van der Waals surface area contributed by atoms with Crippen LogP contribution in [0.15, 0.2) is 18.2 Å². The van der Waals surface area contributed by atoms with Gasteiger partial charge in [-0.1, -0.05) is 40.5 Å². The topological polar surface area (TPSA) is 3.24 Å². The summed E-state index contributed by atoms with van der Waals surface area (Å²) < 4.78 is 0. The number of halogens is 2. The number of hydrogen-bond donors (Lipinski definition) is 0. The number of thioether (sulfide) groups is 1. The van der Waals surface area contributed by atoms with E-state index in [4.69, 9.17) is 11.6 Å². The molecule has 4 heteroatoms. The first-order valence-electron chi connectivity index (χ1n) is 5.70. The quantitative estimate of drug-likeness (QED) is 0.686. The molecule has 1 unspecified atom stereocenters. The number of alkyl halides is 1. The van der Waals surface area contributed by atoms with Crippen LogP contribution in [-0.4, -0.2) is 25.1 Å². The zero-order valence-electron chi connectivity index (χ0n) is 10.5. The second-order valence-corrected chi connectivity index (χ2v) is 5.93. The summed E-state index contributed by atoms with van der Waals surface area (Å²) in [5, 5.41) is 1.68. The van der Waals surface area contributed by atoms with E-state index in [1.807, 2.05) is 17.8 Å². The van der Waals surface area contributed by atoms with Crippen LogP contribution in [0, 0.1) is 0 Å². The maximum Gasteiger partial charge on any atom is 0.0642 e. The van der Waals surface area contributed by atoms with Gasteiger partial charge >= 0.3 is 0 Å². The van der Waals surface area contributed by atoms with E-state index in [1.165, 1.54) is 5.56 Å². The summed E-state index contributed by atoms with van der Waals surface area (Å²) in [5.41, 5.74) is 2.34. The van der Waals surface area contributed by atoms with E-state index >= 15 is 0 Å². The molecule has 1 nitrogen and oxygen atoms in total. The summed E-state index contributed by atoms with van der Waals surface area (Å²) in [6.07, 6.45) is 3.28. The van der Waals surface area contributed by atoms with E-state index in [1.54, 1.807) is 0 Å². The molecule has 0 aromatic heterocycles. The van der Waals surface area contributed by atoms with Crippen LogP contribution in [0.5, 0.6) is 0 Å². The molecule has 0 fully saturated rings. The van der Waals surface area contributed by atoms with Gasteiger partial charge in [0.1, 0.15) is 0 Å². The lowest BCUT2D eigenvalue weighted by Crippen LogP contribution is -2.33. The molecule has 0 saturated heterocycles. The Bertz CT molecular complexity index is 359. The van der Waals surface area contributed by atoms with Crippen LogP contribution in [0.2, 0.25) is 5.02 Å². The van der Waals surface area contributed by atoms with Gasteiger partial charge in [-0.3, -0.25) is 0 Å². The predicted octanol–water partition coefficient (Wildman–Crippen LogP) is 4.81. The van der Waals surface area contributed by atoms with Crippen LogP contribution in [0.25, 0.3) is 0 Å². The Labute approximate surface area is 122 Å². The Morgan fingerprint density at radius 3 is 2.65 bits per heavy atom. The van der Waals surface area contributed by atoms with Gasteiger partial charge in [0.2, 0.25) is 0 Å². The summed E-state index contributed by atoms with van der Waals surface area (Å²) >= 11 is 11.7. The van der Waals surface area contributed by atoms with Crippen molar-refractivity contribution in [1.82, 2.24) is 0 Å². The molecule has 0 radical (unpaired) electrons. The highest BCUT2D eigenvalue weighted by Crippen LogP contribution is 2.29. The molecule has 0 amide bonds. The average Bonchev–Trinajstić information content (AvgIpc) is 2.35. The zero-order valence-corrected chi connectivity index (χ0v) is 13.7. The number of anilines is 1. The average molecular weight is 337 g/mol. The van der Waals surface area contributed by atoms with Crippen LogP contribution in [0.3, 0.4) is 0 Å². The summed E-state index contributed by atoms with van der Waals surface area (Å²) in [6, 6.07) is 6.81. The lowest BCUT2D eigenvalue weighted by Gasteiger charge is -2.29. The Kier molecular flexibility index (Phi) is 6.75. The van der Waals surface area contributed by atoms with Crippen molar-refractivity contribution in [2.75, 3.05) is 24.0 Å². The minimum absolute atomic E-state index is 0.539. The van der Waals surface area contributed by atoms with Crippen molar-refractivity contribution in [3.05, 3.63) is 28.8 Å². The normalized spacial score (nSPS) is 12.5. The Hall–Kier alpha value is 0.140. The molecule has 0 saturated carbocycles. The van der Waals surface area contributed by atoms with Crippen molar-refractivity contribution in [2.24, 2.45) is 0 Å². The van der Waals surface area contributed by atoms with Gasteiger partial charge in [-0.2, -0.15) is 11.8 Å². The fraction of sp³-hybridized carbons (Fsp3) is 0.538. The third-order valence-corrected chi connectivity index (χ3v) is 4.59. The Morgan fingerprint density at radius 2 is 2.18 bits per heavy atom. The predicted molar refractivity (Wildman–Crippen MR) is 84.9 cm³/mol. The zero-order chi connectivity index (χ0) is 12.8.